The molecule has 210 valence electrons. The Kier molecular flexibility index (Phi) is 8.01. The predicted octanol–water partition coefficient (Wildman–Crippen LogP) is 4.47. The Labute approximate surface area is 227 Å². The number of fused-ring (bicyclic) bond motifs is 2. The second-order valence-electron chi connectivity index (χ2n) is 11.1. The van der Waals surface area contributed by atoms with E-state index in [4.69, 9.17) is 4.74 Å². The van der Waals surface area contributed by atoms with Gasteiger partial charge in [0.05, 0.1) is 24.3 Å². The van der Waals surface area contributed by atoms with Crippen molar-refractivity contribution in [2.45, 2.75) is 75.2 Å². The molecule has 1 heterocycles. The van der Waals surface area contributed by atoms with Crippen LogP contribution >= 0.6 is 0 Å². The average molecular weight is 544 g/mol. The Bertz CT molecular complexity index is 1190. The van der Waals surface area contributed by atoms with Gasteiger partial charge in [-0.25, -0.2) is 0 Å². The van der Waals surface area contributed by atoms with E-state index in [2.05, 4.69) is 39.8 Å². The molecule has 1 aliphatic heterocycles. The van der Waals surface area contributed by atoms with Gasteiger partial charge in [-0.2, -0.15) is 13.2 Å². The molecule has 39 heavy (non-hydrogen) atoms. The van der Waals surface area contributed by atoms with Crippen molar-refractivity contribution in [2.24, 2.45) is 0 Å². The van der Waals surface area contributed by atoms with Crippen LogP contribution in [0.4, 0.5) is 13.2 Å². The average Bonchev–Trinajstić information content (AvgIpc) is 3.49. The van der Waals surface area contributed by atoms with Crippen molar-refractivity contribution < 1.29 is 27.5 Å². The molecule has 0 aromatic heterocycles. The summed E-state index contributed by atoms with van der Waals surface area (Å²) in [6, 6.07) is 13.2. The molecule has 2 fully saturated rings. The van der Waals surface area contributed by atoms with Crippen LogP contribution in [-0.4, -0.2) is 61.1 Å². The van der Waals surface area contributed by atoms with Gasteiger partial charge < -0.3 is 15.4 Å². The summed E-state index contributed by atoms with van der Waals surface area (Å²) >= 11 is 0. The highest BCUT2D eigenvalue weighted by Gasteiger charge is 2.44. The molecule has 0 bridgehead atoms. The van der Waals surface area contributed by atoms with Crippen molar-refractivity contribution in [2.75, 3.05) is 26.2 Å². The lowest BCUT2D eigenvalue weighted by Gasteiger charge is -2.41. The van der Waals surface area contributed by atoms with Gasteiger partial charge in [0.25, 0.3) is 5.91 Å². The standard InChI is InChI=1S/C30H36F3N3O3/c1-2-39-26-19-36(23-11-14-29(15-12-23)13-10-20-6-3-4-9-24(20)29)18-25(26)35-27(37)17-34-28(38)21-7-5-8-22(16-21)30(31,32)33/h3-9,16,23,25-26H,2,10-15,17-19H2,1H3,(H,34,38)(H,35,37). The molecule has 2 atom stereocenters. The lowest BCUT2D eigenvalue weighted by atomic mass is 9.69. The fourth-order valence-corrected chi connectivity index (χ4v) is 6.78. The molecule has 1 spiro atoms. The van der Waals surface area contributed by atoms with Crippen LogP contribution in [0.3, 0.4) is 0 Å². The van der Waals surface area contributed by atoms with Gasteiger partial charge in [-0.05, 0) is 80.2 Å². The largest absolute Gasteiger partial charge is 0.416 e. The molecule has 2 N–H and O–H groups in total. The maximum atomic E-state index is 13.0. The maximum absolute atomic E-state index is 13.0. The molecule has 1 saturated carbocycles. The summed E-state index contributed by atoms with van der Waals surface area (Å²) in [5.74, 6) is -1.12. The summed E-state index contributed by atoms with van der Waals surface area (Å²) in [4.78, 5) is 27.5. The minimum absolute atomic E-state index is 0.142. The van der Waals surface area contributed by atoms with E-state index >= 15 is 0 Å². The third kappa shape index (κ3) is 5.99. The first kappa shape index (κ1) is 27.6. The molecule has 0 radical (unpaired) electrons. The third-order valence-corrected chi connectivity index (χ3v) is 8.77. The normalized spacial score (nSPS) is 26.9. The van der Waals surface area contributed by atoms with E-state index in [0.29, 0.717) is 24.6 Å². The van der Waals surface area contributed by atoms with E-state index in [1.165, 1.54) is 42.5 Å². The molecule has 9 heteroatoms. The number of nitrogens with one attached hydrogen (secondary N) is 2. The van der Waals surface area contributed by atoms with Crippen molar-refractivity contribution in [3.63, 3.8) is 0 Å². The van der Waals surface area contributed by atoms with E-state index in [9.17, 15) is 22.8 Å². The quantitative estimate of drug-likeness (QED) is 0.541. The first-order valence-corrected chi connectivity index (χ1v) is 13.9. The lowest BCUT2D eigenvalue weighted by Crippen LogP contribution is -2.48. The predicted molar refractivity (Wildman–Crippen MR) is 141 cm³/mol. The molecule has 2 aromatic carbocycles. The fraction of sp³-hybridized carbons (Fsp3) is 0.533. The van der Waals surface area contributed by atoms with Gasteiger partial charge in [0, 0.05) is 31.3 Å². The Morgan fingerprint density at radius 1 is 1.05 bits per heavy atom. The van der Waals surface area contributed by atoms with Crippen molar-refractivity contribution in [3.05, 3.63) is 70.8 Å². The molecule has 6 nitrogen and oxygen atoms in total. The number of hydrogen-bond donors (Lipinski definition) is 2. The first-order valence-electron chi connectivity index (χ1n) is 13.9. The molecule has 2 unspecified atom stereocenters. The molecule has 3 aliphatic rings. The molecule has 2 aromatic rings. The fourth-order valence-electron chi connectivity index (χ4n) is 6.78. The number of ether oxygens (including phenoxy) is 1. The van der Waals surface area contributed by atoms with E-state index in [1.807, 2.05) is 6.92 Å². The molecule has 2 amide bonds. The second kappa shape index (κ2) is 11.3. The van der Waals surface area contributed by atoms with Crippen molar-refractivity contribution in [3.8, 4) is 0 Å². The summed E-state index contributed by atoms with van der Waals surface area (Å²) in [6.07, 6.45) is 2.26. The van der Waals surface area contributed by atoms with E-state index in [0.717, 1.165) is 37.9 Å². The van der Waals surface area contributed by atoms with Crippen LogP contribution in [0.2, 0.25) is 0 Å². The smallest absolute Gasteiger partial charge is 0.375 e. The monoisotopic (exact) mass is 543 g/mol. The van der Waals surface area contributed by atoms with Crippen molar-refractivity contribution in [1.82, 2.24) is 15.5 Å². The summed E-state index contributed by atoms with van der Waals surface area (Å²) < 4.78 is 44.9. The number of likely N-dealkylation sites (tertiary alicyclic amines) is 1. The van der Waals surface area contributed by atoms with Gasteiger partial charge in [0.15, 0.2) is 0 Å². The van der Waals surface area contributed by atoms with Gasteiger partial charge in [0.1, 0.15) is 0 Å². The minimum Gasteiger partial charge on any atom is -0.375 e. The molecular formula is C30H36F3N3O3. The highest BCUT2D eigenvalue weighted by molar-refractivity contribution is 5.96. The third-order valence-electron chi connectivity index (χ3n) is 8.77. The van der Waals surface area contributed by atoms with Crippen LogP contribution in [0, 0.1) is 0 Å². The van der Waals surface area contributed by atoms with Gasteiger partial charge in [-0.15, -0.1) is 0 Å². The number of carbonyl (C=O) groups excluding carboxylic acids is 2. The minimum atomic E-state index is -4.54. The van der Waals surface area contributed by atoms with Crippen LogP contribution in [-0.2, 0) is 27.5 Å². The highest BCUT2D eigenvalue weighted by atomic mass is 19.4. The summed E-state index contributed by atoms with van der Waals surface area (Å²) in [7, 11) is 0. The topological polar surface area (TPSA) is 70.7 Å². The van der Waals surface area contributed by atoms with Crippen molar-refractivity contribution >= 4 is 11.8 Å². The molecule has 5 rings (SSSR count). The van der Waals surface area contributed by atoms with Crippen LogP contribution in [0.25, 0.3) is 0 Å². The zero-order valence-corrected chi connectivity index (χ0v) is 22.2. The maximum Gasteiger partial charge on any atom is 0.416 e. The Hall–Kier alpha value is -2.91. The Morgan fingerprint density at radius 3 is 2.56 bits per heavy atom. The zero-order chi connectivity index (χ0) is 27.6. The van der Waals surface area contributed by atoms with Crippen LogP contribution in [0.1, 0.15) is 66.1 Å². The number of aryl methyl sites for hydroxylation is 1. The van der Waals surface area contributed by atoms with Crippen LogP contribution < -0.4 is 10.6 Å². The van der Waals surface area contributed by atoms with Gasteiger partial charge >= 0.3 is 6.18 Å². The summed E-state index contributed by atoms with van der Waals surface area (Å²) in [6.45, 7) is 3.55. The number of rotatable bonds is 7. The van der Waals surface area contributed by atoms with Gasteiger partial charge in [-0.3, -0.25) is 14.5 Å². The number of amides is 2. The van der Waals surface area contributed by atoms with E-state index in [1.54, 1.807) is 0 Å². The number of carbonyl (C=O) groups is 2. The van der Waals surface area contributed by atoms with Crippen LogP contribution in [0.5, 0.6) is 0 Å². The second-order valence-corrected chi connectivity index (χ2v) is 11.1. The van der Waals surface area contributed by atoms with Gasteiger partial charge in [0.2, 0.25) is 5.91 Å². The molecule has 2 aliphatic carbocycles. The van der Waals surface area contributed by atoms with Gasteiger partial charge in [-0.1, -0.05) is 30.3 Å². The Balaban J connectivity index is 1.14. The van der Waals surface area contributed by atoms with Crippen LogP contribution in [0.15, 0.2) is 48.5 Å². The van der Waals surface area contributed by atoms with E-state index < -0.39 is 23.6 Å². The molecular weight excluding hydrogens is 507 g/mol. The number of alkyl halides is 3. The SMILES string of the molecule is CCOC1CN(C2CCC3(CCc4ccccc43)CC2)CC1NC(=O)CNC(=O)c1cccc(C(F)(F)F)c1. The lowest BCUT2D eigenvalue weighted by molar-refractivity contribution is -0.137. The first-order chi connectivity index (χ1) is 18.7. The summed E-state index contributed by atoms with van der Waals surface area (Å²) in [5, 5.41) is 5.42. The number of hydrogen-bond acceptors (Lipinski definition) is 4. The number of halogens is 3. The number of benzene rings is 2. The zero-order valence-electron chi connectivity index (χ0n) is 22.2. The Morgan fingerprint density at radius 2 is 1.82 bits per heavy atom. The van der Waals surface area contributed by atoms with Crippen molar-refractivity contribution in [1.29, 1.82) is 0 Å². The summed E-state index contributed by atoms with van der Waals surface area (Å²) in [5.41, 5.74) is 2.29. The number of nitrogens with zero attached hydrogens (tertiary/aromatic N) is 1. The van der Waals surface area contributed by atoms with E-state index in [-0.39, 0.29) is 24.3 Å². The molecule has 1 saturated heterocycles. The highest BCUT2D eigenvalue weighted by Crippen LogP contribution is 2.49.